The highest BCUT2D eigenvalue weighted by molar-refractivity contribution is 5.91. The zero-order valence-corrected chi connectivity index (χ0v) is 21.1. The van der Waals surface area contributed by atoms with Gasteiger partial charge in [0.15, 0.2) is 11.6 Å². The minimum Gasteiger partial charge on any atom is -0.486 e. The summed E-state index contributed by atoms with van der Waals surface area (Å²) in [6.45, 7) is 5.93. The van der Waals surface area contributed by atoms with E-state index in [1.807, 2.05) is 19.1 Å². The molecule has 0 aliphatic heterocycles. The van der Waals surface area contributed by atoms with E-state index >= 15 is 0 Å². The van der Waals surface area contributed by atoms with Gasteiger partial charge in [-0.05, 0) is 105 Å². The SMILES string of the molecule is C=CCCC1CCC2CC(c3ccc(C(=O)Oc4ccc(OC/C=C/C)c(F)c4)c(F)c3)CCC2C1. The van der Waals surface area contributed by atoms with Gasteiger partial charge in [-0.3, -0.25) is 0 Å². The van der Waals surface area contributed by atoms with E-state index < -0.39 is 17.6 Å². The van der Waals surface area contributed by atoms with E-state index in [0.717, 1.165) is 42.7 Å². The maximum absolute atomic E-state index is 15.0. The first-order valence-corrected chi connectivity index (χ1v) is 13.1. The summed E-state index contributed by atoms with van der Waals surface area (Å²) in [4.78, 5) is 12.6. The number of hydrogen-bond donors (Lipinski definition) is 0. The lowest BCUT2D eigenvalue weighted by atomic mass is 9.63. The van der Waals surface area contributed by atoms with Gasteiger partial charge < -0.3 is 9.47 Å². The summed E-state index contributed by atoms with van der Waals surface area (Å²) >= 11 is 0. The Morgan fingerprint density at radius 3 is 2.58 bits per heavy atom. The predicted molar refractivity (Wildman–Crippen MR) is 138 cm³/mol. The zero-order chi connectivity index (χ0) is 25.5. The molecule has 4 unspecified atom stereocenters. The summed E-state index contributed by atoms with van der Waals surface area (Å²) < 4.78 is 39.8. The Morgan fingerprint density at radius 1 is 1.03 bits per heavy atom. The van der Waals surface area contributed by atoms with E-state index in [2.05, 4.69) is 6.58 Å². The summed E-state index contributed by atoms with van der Waals surface area (Å²) in [5, 5.41) is 0. The van der Waals surface area contributed by atoms with Crippen molar-refractivity contribution in [2.24, 2.45) is 17.8 Å². The number of rotatable bonds is 9. The first-order valence-electron chi connectivity index (χ1n) is 13.1. The summed E-state index contributed by atoms with van der Waals surface area (Å²) in [7, 11) is 0. The molecule has 0 N–H and O–H groups in total. The first-order chi connectivity index (χ1) is 17.5. The summed E-state index contributed by atoms with van der Waals surface area (Å²) in [6.07, 6.45) is 15.1. The Morgan fingerprint density at radius 2 is 1.83 bits per heavy atom. The van der Waals surface area contributed by atoms with Crippen LogP contribution in [0.3, 0.4) is 0 Å². The van der Waals surface area contributed by atoms with Crippen molar-refractivity contribution in [3.05, 3.63) is 84.0 Å². The zero-order valence-electron chi connectivity index (χ0n) is 21.1. The van der Waals surface area contributed by atoms with Gasteiger partial charge in [-0.15, -0.1) is 6.58 Å². The third kappa shape index (κ3) is 6.43. The Balaban J connectivity index is 1.35. The number of benzene rings is 2. The fourth-order valence-corrected chi connectivity index (χ4v) is 5.91. The van der Waals surface area contributed by atoms with E-state index in [1.54, 1.807) is 12.2 Å². The molecular formula is C31H36F2O3. The molecule has 2 fully saturated rings. The average molecular weight is 495 g/mol. The standard InChI is InChI=1S/C31H36F2O3/c1-3-5-7-21-8-9-23-18-24(11-10-22(23)17-21)25-12-14-27(28(32)19-25)31(34)36-26-13-15-30(29(33)20-26)35-16-6-4-2/h3-4,6,12-15,19-24H,1,5,7-11,16-18H2,2H3/b6-4+. The molecule has 3 nitrogen and oxygen atoms in total. The van der Waals surface area contributed by atoms with Crippen LogP contribution in [0.15, 0.2) is 61.2 Å². The highest BCUT2D eigenvalue weighted by Gasteiger charge is 2.36. The van der Waals surface area contributed by atoms with Crippen LogP contribution in [0.5, 0.6) is 11.5 Å². The van der Waals surface area contributed by atoms with Crippen molar-refractivity contribution < 1.29 is 23.0 Å². The lowest BCUT2D eigenvalue weighted by molar-refractivity contribution is 0.0729. The van der Waals surface area contributed by atoms with E-state index in [0.29, 0.717) is 11.8 Å². The Labute approximate surface area is 213 Å². The van der Waals surface area contributed by atoms with E-state index in [4.69, 9.17) is 9.47 Å². The third-order valence-electron chi connectivity index (χ3n) is 7.87. The summed E-state index contributed by atoms with van der Waals surface area (Å²) in [5.74, 6) is 0.594. The van der Waals surface area contributed by atoms with Crippen LogP contribution >= 0.6 is 0 Å². The van der Waals surface area contributed by atoms with E-state index in [1.165, 1.54) is 56.4 Å². The maximum Gasteiger partial charge on any atom is 0.346 e. The molecule has 4 rings (SSSR count). The van der Waals surface area contributed by atoms with Gasteiger partial charge in [-0.1, -0.05) is 30.7 Å². The van der Waals surface area contributed by atoms with Crippen molar-refractivity contribution in [1.82, 2.24) is 0 Å². The van der Waals surface area contributed by atoms with Crippen molar-refractivity contribution >= 4 is 5.97 Å². The van der Waals surface area contributed by atoms with Crippen LogP contribution in [0.1, 0.15) is 80.1 Å². The van der Waals surface area contributed by atoms with Crippen LogP contribution in [-0.2, 0) is 0 Å². The molecule has 2 aliphatic rings. The molecule has 2 saturated carbocycles. The lowest BCUT2D eigenvalue weighted by Crippen LogP contribution is -2.30. The van der Waals surface area contributed by atoms with Crippen molar-refractivity contribution in [2.75, 3.05) is 6.61 Å². The van der Waals surface area contributed by atoms with Crippen LogP contribution in [0, 0.1) is 29.4 Å². The highest BCUT2D eigenvalue weighted by atomic mass is 19.1. The maximum atomic E-state index is 15.0. The summed E-state index contributed by atoms with van der Waals surface area (Å²) in [5.41, 5.74) is 0.800. The third-order valence-corrected chi connectivity index (χ3v) is 7.87. The Hall–Kier alpha value is -2.95. The van der Waals surface area contributed by atoms with Gasteiger partial charge in [-0.2, -0.15) is 0 Å². The molecule has 0 amide bonds. The molecular weight excluding hydrogens is 458 g/mol. The second-order valence-corrected chi connectivity index (χ2v) is 10.2. The van der Waals surface area contributed by atoms with Gasteiger partial charge in [0.25, 0.3) is 0 Å². The van der Waals surface area contributed by atoms with Crippen LogP contribution < -0.4 is 9.47 Å². The predicted octanol–water partition coefficient (Wildman–Crippen LogP) is 8.41. The molecule has 192 valence electrons. The van der Waals surface area contributed by atoms with Crippen molar-refractivity contribution in [3.63, 3.8) is 0 Å². The molecule has 2 aromatic rings. The minimum absolute atomic E-state index is 0.00127. The van der Waals surface area contributed by atoms with Gasteiger partial charge in [0.2, 0.25) is 0 Å². The van der Waals surface area contributed by atoms with Gasteiger partial charge >= 0.3 is 5.97 Å². The first kappa shape index (κ1) is 26.1. The van der Waals surface area contributed by atoms with Crippen LogP contribution in [-0.4, -0.2) is 12.6 Å². The fraction of sp³-hybridized carbons (Fsp3) is 0.452. The quantitative estimate of drug-likeness (QED) is 0.199. The highest BCUT2D eigenvalue weighted by Crippen LogP contribution is 2.48. The monoisotopic (exact) mass is 494 g/mol. The van der Waals surface area contributed by atoms with Crippen molar-refractivity contribution in [1.29, 1.82) is 0 Å². The molecule has 0 spiro atoms. The van der Waals surface area contributed by atoms with Crippen molar-refractivity contribution in [3.8, 4) is 11.5 Å². The van der Waals surface area contributed by atoms with Crippen LogP contribution in [0.25, 0.3) is 0 Å². The molecule has 0 saturated heterocycles. The lowest BCUT2D eigenvalue weighted by Gasteiger charge is -2.42. The molecule has 4 atom stereocenters. The fourth-order valence-electron chi connectivity index (χ4n) is 5.91. The number of allylic oxidation sites excluding steroid dienone is 2. The topological polar surface area (TPSA) is 35.5 Å². The second kappa shape index (κ2) is 12.3. The van der Waals surface area contributed by atoms with Crippen LogP contribution in [0.2, 0.25) is 0 Å². The van der Waals surface area contributed by atoms with Gasteiger partial charge in [-0.25, -0.2) is 13.6 Å². The van der Waals surface area contributed by atoms with Gasteiger partial charge in [0, 0.05) is 6.07 Å². The number of hydrogen-bond acceptors (Lipinski definition) is 3. The summed E-state index contributed by atoms with van der Waals surface area (Å²) in [6, 6.07) is 8.72. The molecule has 0 aromatic heterocycles. The van der Waals surface area contributed by atoms with Crippen LogP contribution in [0.4, 0.5) is 8.78 Å². The average Bonchev–Trinajstić information content (AvgIpc) is 2.88. The van der Waals surface area contributed by atoms with Gasteiger partial charge in [0.05, 0.1) is 5.56 Å². The number of halogens is 2. The number of carbonyl (C=O) groups is 1. The minimum atomic E-state index is -0.845. The van der Waals surface area contributed by atoms with E-state index in [9.17, 15) is 13.6 Å². The largest absolute Gasteiger partial charge is 0.486 e. The molecule has 0 radical (unpaired) electrons. The number of ether oxygens (including phenoxy) is 2. The molecule has 0 heterocycles. The molecule has 5 heteroatoms. The smallest absolute Gasteiger partial charge is 0.346 e. The van der Waals surface area contributed by atoms with Crippen molar-refractivity contribution in [2.45, 2.75) is 64.2 Å². The van der Waals surface area contributed by atoms with E-state index in [-0.39, 0.29) is 23.7 Å². The molecule has 36 heavy (non-hydrogen) atoms. The van der Waals surface area contributed by atoms with Gasteiger partial charge in [0.1, 0.15) is 18.2 Å². The number of fused-ring (bicyclic) bond motifs is 1. The molecule has 2 aromatic carbocycles. The Bertz CT molecular complexity index is 1090. The molecule has 0 bridgehead atoms. The number of esters is 1. The molecule has 2 aliphatic carbocycles. The Kier molecular flexibility index (Phi) is 8.95. The second-order valence-electron chi connectivity index (χ2n) is 10.2. The number of carbonyl (C=O) groups excluding carboxylic acids is 1. The normalized spacial score (nSPS) is 23.8.